The Balaban J connectivity index is 1.55. The molecule has 7 heteroatoms. The van der Waals surface area contributed by atoms with Gasteiger partial charge in [-0.15, -0.1) is 0 Å². The summed E-state index contributed by atoms with van der Waals surface area (Å²) in [5, 5.41) is 0.514. The van der Waals surface area contributed by atoms with Crippen LogP contribution in [0.3, 0.4) is 0 Å². The van der Waals surface area contributed by atoms with Crippen molar-refractivity contribution >= 4 is 27.3 Å². The lowest BCUT2D eigenvalue weighted by atomic mass is 10.4. The molecule has 1 heterocycles. The summed E-state index contributed by atoms with van der Waals surface area (Å²) in [6.07, 6.45) is 2.41. The molecule has 1 aliphatic heterocycles. The van der Waals surface area contributed by atoms with Crippen molar-refractivity contribution in [1.82, 2.24) is 9.80 Å². The fraction of sp³-hybridized carbons (Fsp3) is 0.533. The third kappa shape index (κ3) is 3.80. The molecule has 1 saturated heterocycles. The van der Waals surface area contributed by atoms with Crippen molar-refractivity contribution < 1.29 is 13.2 Å². The number of nitrogens with zero attached hydrogens (tertiary/aromatic N) is 2. The Morgan fingerprint density at radius 1 is 1.18 bits per heavy atom. The minimum absolute atomic E-state index is 0.0131. The SMILES string of the molecule is O=C1CN(CCS(=O)(=O)c2ccc(Cl)cc2)CN1CC1CC1. The number of carbonyl (C=O) groups is 1. The Hall–Kier alpha value is -1.11. The van der Waals surface area contributed by atoms with Crippen LogP contribution in [0.2, 0.25) is 5.02 Å². The van der Waals surface area contributed by atoms with Crippen LogP contribution in [-0.4, -0.2) is 56.2 Å². The molecule has 2 fully saturated rings. The highest BCUT2D eigenvalue weighted by Crippen LogP contribution is 2.30. The lowest BCUT2D eigenvalue weighted by Crippen LogP contribution is -2.31. The highest BCUT2D eigenvalue weighted by atomic mass is 35.5. The lowest BCUT2D eigenvalue weighted by molar-refractivity contribution is -0.126. The number of sulfone groups is 1. The van der Waals surface area contributed by atoms with E-state index in [1.54, 1.807) is 12.1 Å². The van der Waals surface area contributed by atoms with Crippen LogP contribution in [0.1, 0.15) is 12.8 Å². The van der Waals surface area contributed by atoms with Gasteiger partial charge < -0.3 is 4.90 Å². The number of amides is 1. The standard InChI is InChI=1S/C15H19ClN2O3S/c16-13-3-5-14(6-4-13)22(20,21)8-7-17-10-15(19)18(11-17)9-12-1-2-12/h3-6,12H,1-2,7-11H2. The summed E-state index contributed by atoms with van der Waals surface area (Å²) in [5.74, 6) is 0.775. The van der Waals surface area contributed by atoms with E-state index in [1.807, 2.05) is 9.80 Å². The molecule has 120 valence electrons. The van der Waals surface area contributed by atoms with Crippen LogP contribution in [0.15, 0.2) is 29.2 Å². The maximum Gasteiger partial charge on any atom is 0.237 e. The van der Waals surface area contributed by atoms with Gasteiger partial charge in [-0.05, 0) is 43.0 Å². The zero-order valence-corrected chi connectivity index (χ0v) is 13.8. The summed E-state index contributed by atoms with van der Waals surface area (Å²) >= 11 is 5.78. The average Bonchev–Trinajstić information content (AvgIpc) is 3.21. The predicted octanol–water partition coefficient (Wildman–Crippen LogP) is 1.63. The molecule has 1 aliphatic carbocycles. The Labute approximate surface area is 135 Å². The van der Waals surface area contributed by atoms with Gasteiger partial charge >= 0.3 is 0 Å². The van der Waals surface area contributed by atoms with Gasteiger partial charge in [0.25, 0.3) is 0 Å². The molecule has 3 rings (SSSR count). The number of hydrogen-bond acceptors (Lipinski definition) is 4. The van der Waals surface area contributed by atoms with Crippen LogP contribution in [0, 0.1) is 5.92 Å². The zero-order valence-electron chi connectivity index (χ0n) is 12.2. The Kier molecular flexibility index (Phi) is 4.43. The molecule has 5 nitrogen and oxygen atoms in total. The van der Waals surface area contributed by atoms with Crippen LogP contribution in [0.5, 0.6) is 0 Å². The van der Waals surface area contributed by atoms with Gasteiger partial charge in [-0.25, -0.2) is 8.42 Å². The largest absolute Gasteiger partial charge is 0.328 e. The van der Waals surface area contributed by atoms with Crippen molar-refractivity contribution in [3.05, 3.63) is 29.3 Å². The van der Waals surface area contributed by atoms with Gasteiger partial charge in [-0.1, -0.05) is 11.6 Å². The third-order valence-corrected chi connectivity index (χ3v) is 6.07. The molecule has 0 spiro atoms. The monoisotopic (exact) mass is 342 g/mol. The van der Waals surface area contributed by atoms with Gasteiger partial charge in [0.2, 0.25) is 5.91 Å². The van der Waals surface area contributed by atoms with Crippen LogP contribution < -0.4 is 0 Å². The van der Waals surface area contributed by atoms with Crippen molar-refractivity contribution in [2.75, 3.05) is 32.1 Å². The maximum atomic E-state index is 12.3. The first-order valence-electron chi connectivity index (χ1n) is 7.42. The summed E-state index contributed by atoms with van der Waals surface area (Å²) in [4.78, 5) is 15.9. The van der Waals surface area contributed by atoms with Crippen LogP contribution in [0.25, 0.3) is 0 Å². The molecule has 1 amide bonds. The second kappa shape index (κ2) is 6.18. The first-order valence-corrected chi connectivity index (χ1v) is 9.45. The van der Waals surface area contributed by atoms with Crippen molar-refractivity contribution in [2.24, 2.45) is 5.92 Å². The highest BCUT2D eigenvalue weighted by molar-refractivity contribution is 7.91. The zero-order chi connectivity index (χ0) is 15.7. The molecule has 0 aromatic heterocycles. The molecular formula is C15H19ClN2O3S. The number of benzene rings is 1. The second-order valence-corrected chi connectivity index (χ2v) is 8.57. The van der Waals surface area contributed by atoms with Crippen molar-refractivity contribution in [3.63, 3.8) is 0 Å². The Morgan fingerprint density at radius 3 is 2.50 bits per heavy atom. The molecular weight excluding hydrogens is 324 g/mol. The lowest BCUT2D eigenvalue weighted by Gasteiger charge is -2.17. The van der Waals surface area contributed by atoms with E-state index < -0.39 is 9.84 Å². The van der Waals surface area contributed by atoms with E-state index >= 15 is 0 Å². The normalized spacial score (nSPS) is 19.9. The molecule has 0 atom stereocenters. The molecule has 0 bridgehead atoms. The molecule has 1 saturated carbocycles. The quantitative estimate of drug-likeness (QED) is 0.788. The van der Waals surface area contributed by atoms with E-state index in [2.05, 4.69) is 0 Å². The van der Waals surface area contributed by atoms with E-state index in [9.17, 15) is 13.2 Å². The number of hydrogen-bond donors (Lipinski definition) is 0. The third-order valence-electron chi connectivity index (χ3n) is 4.11. The molecule has 2 aliphatic rings. The molecule has 0 N–H and O–H groups in total. The van der Waals surface area contributed by atoms with Gasteiger partial charge in [0, 0.05) is 18.1 Å². The van der Waals surface area contributed by atoms with Crippen molar-refractivity contribution in [2.45, 2.75) is 17.7 Å². The number of halogens is 1. The highest BCUT2D eigenvalue weighted by Gasteiger charge is 2.33. The Morgan fingerprint density at radius 2 is 1.86 bits per heavy atom. The van der Waals surface area contributed by atoms with Crippen LogP contribution in [0.4, 0.5) is 0 Å². The molecule has 0 unspecified atom stereocenters. The fourth-order valence-electron chi connectivity index (χ4n) is 2.59. The van der Waals surface area contributed by atoms with Crippen molar-refractivity contribution in [3.8, 4) is 0 Å². The smallest absolute Gasteiger partial charge is 0.237 e. The van der Waals surface area contributed by atoms with E-state index in [1.165, 1.54) is 25.0 Å². The van der Waals surface area contributed by atoms with Gasteiger partial charge in [-0.3, -0.25) is 9.69 Å². The minimum Gasteiger partial charge on any atom is -0.328 e. The number of rotatable bonds is 6. The van der Waals surface area contributed by atoms with E-state index in [4.69, 9.17) is 11.6 Å². The predicted molar refractivity (Wildman–Crippen MR) is 84.4 cm³/mol. The summed E-state index contributed by atoms with van der Waals surface area (Å²) in [6.45, 7) is 2.06. The van der Waals surface area contributed by atoms with Crippen molar-refractivity contribution in [1.29, 1.82) is 0 Å². The van der Waals surface area contributed by atoms with Gasteiger partial charge in [0.1, 0.15) is 0 Å². The second-order valence-electron chi connectivity index (χ2n) is 6.03. The fourth-order valence-corrected chi connectivity index (χ4v) is 4.00. The van der Waals surface area contributed by atoms with Crippen LogP contribution in [-0.2, 0) is 14.6 Å². The van der Waals surface area contributed by atoms with Crippen LogP contribution >= 0.6 is 11.6 Å². The minimum atomic E-state index is -3.34. The molecule has 0 radical (unpaired) electrons. The summed E-state index contributed by atoms with van der Waals surface area (Å²) in [6, 6.07) is 6.19. The number of carbonyl (C=O) groups excluding carboxylic acids is 1. The maximum absolute atomic E-state index is 12.3. The van der Waals surface area contributed by atoms with Gasteiger partial charge in [-0.2, -0.15) is 0 Å². The summed E-state index contributed by atoms with van der Waals surface area (Å²) in [5.41, 5.74) is 0. The van der Waals surface area contributed by atoms with E-state index in [0.29, 0.717) is 30.7 Å². The molecule has 1 aromatic carbocycles. The van der Waals surface area contributed by atoms with Gasteiger partial charge in [0.05, 0.1) is 23.9 Å². The van der Waals surface area contributed by atoms with E-state index in [-0.39, 0.29) is 16.6 Å². The summed E-state index contributed by atoms with van der Waals surface area (Å²) in [7, 11) is -3.34. The average molecular weight is 343 g/mol. The topological polar surface area (TPSA) is 57.7 Å². The molecule has 1 aromatic rings. The molecule has 22 heavy (non-hydrogen) atoms. The van der Waals surface area contributed by atoms with Gasteiger partial charge in [0.15, 0.2) is 9.84 Å². The van der Waals surface area contributed by atoms with E-state index in [0.717, 1.165) is 6.54 Å². The Bertz CT molecular complexity index is 656. The first kappa shape index (κ1) is 15.8. The first-order chi connectivity index (χ1) is 10.4. The summed E-state index contributed by atoms with van der Waals surface area (Å²) < 4.78 is 24.6.